The van der Waals surface area contributed by atoms with Crippen molar-refractivity contribution in [3.63, 3.8) is 0 Å². The molecule has 0 fully saturated rings. The molecule has 0 aliphatic heterocycles. The fraction of sp³-hybridized carbons (Fsp3) is 0.273. The van der Waals surface area contributed by atoms with Crippen LogP contribution in [-0.4, -0.2) is 52.4 Å². The molecule has 0 radical (unpaired) electrons. The Balaban J connectivity index is 1.79. The van der Waals surface area contributed by atoms with Crippen LogP contribution in [0.4, 0.5) is 0 Å². The molecule has 0 amide bonds. The van der Waals surface area contributed by atoms with Crippen LogP contribution in [0.15, 0.2) is 36.4 Å². The number of hydrogen-bond donors (Lipinski definition) is 1. The van der Waals surface area contributed by atoms with Crippen LogP contribution in [0.25, 0.3) is 16.7 Å². The predicted octanol–water partition coefficient (Wildman–Crippen LogP) is 3.03. The number of carbonyl (C=O) groups excluding carboxylic acids is 2. The van der Waals surface area contributed by atoms with Gasteiger partial charge in [-0.2, -0.15) is 0 Å². The lowest BCUT2D eigenvalue weighted by Gasteiger charge is -2.13. The van der Waals surface area contributed by atoms with Gasteiger partial charge in [0.15, 0.2) is 0 Å². The van der Waals surface area contributed by atoms with Crippen LogP contribution in [0.5, 0.6) is 11.5 Å². The normalized spacial score (nSPS) is 10.7. The summed E-state index contributed by atoms with van der Waals surface area (Å²) >= 11 is 0. The average Bonchev–Trinajstić information content (AvgIpc) is 3.16. The van der Waals surface area contributed by atoms with E-state index >= 15 is 0 Å². The number of phenols is 1. The van der Waals surface area contributed by atoms with E-state index in [4.69, 9.17) is 14.2 Å². The Hall–Kier alpha value is -3.88. The van der Waals surface area contributed by atoms with Crippen molar-refractivity contribution >= 4 is 23.0 Å². The molecule has 0 unspecified atom stereocenters. The van der Waals surface area contributed by atoms with Crippen molar-refractivity contribution in [3.8, 4) is 17.2 Å². The van der Waals surface area contributed by atoms with Crippen molar-refractivity contribution in [1.29, 1.82) is 0 Å². The second-order valence-electron chi connectivity index (χ2n) is 6.96. The second-order valence-corrected chi connectivity index (χ2v) is 6.96. The first-order chi connectivity index (χ1) is 14.7. The van der Waals surface area contributed by atoms with Crippen LogP contribution in [-0.2, 0) is 14.3 Å². The number of methoxy groups -OCH3 is 1. The second kappa shape index (κ2) is 8.86. The molecular formula is C22H23N3O6. The van der Waals surface area contributed by atoms with Crippen LogP contribution in [0.1, 0.15) is 28.4 Å². The minimum absolute atomic E-state index is 0.00620. The van der Waals surface area contributed by atoms with Gasteiger partial charge >= 0.3 is 11.9 Å². The molecular weight excluding hydrogens is 402 g/mol. The summed E-state index contributed by atoms with van der Waals surface area (Å²) in [5, 5.41) is 19.3. The first-order valence-corrected chi connectivity index (χ1v) is 9.47. The molecule has 1 N–H and O–H groups in total. The third-order valence-corrected chi connectivity index (χ3v) is 4.58. The Labute approximate surface area is 178 Å². The van der Waals surface area contributed by atoms with E-state index in [-0.39, 0.29) is 30.1 Å². The fourth-order valence-corrected chi connectivity index (χ4v) is 3.03. The Morgan fingerprint density at radius 1 is 1.10 bits per heavy atom. The largest absolute Gasteiger partial charge is 0.505 e. The zero-order valence-corrected chi connectivity index (χ0v) is 17.8. The van der Waals surface area contributed by atoms with Gasteiger partial charge < -0.3 is 19.3 Å². The number of rotatable bonds is 7. The molecule has 0 saturated carbocycles. The molecule has 9 heteroatoms. The smallest absolute Gasteiger partial charge is 0.338 e. The molecule has 0 aliphatic carbocycles. The van der Waals surface area contributed by atoms with E-state index in [1.165, 1.54) is 11.7 Å². The van der Waals surface area contributed by atoms with Crippen LogP contribution in [0.3, 0.4) is 0 Å². The zero-order valence-electron chi connectivity index (χ0n) is 17.8. The highest BCUT2D eigenvalue weighted by atomic mass is 16.6. The summed E-state index contributed by atoms with van der Waals surface area (Å²) < 4.78 is 15.3. The molecule has 31 heavy (non-hydrogen) atoms. The molecule has 9 nitrogen and oxygen atoms in total. The summed E-state index contributed by atoms with van der Waals surface area (Å²) in [5.74, 6) is -0.522. The van der Waals surface area contributed by atoms with Gasteiger partial charge in [-0.25, -0.2) is 9.59 Å². The molecule has 0 bridgehead atoms. The van der Waals surface area contributed by atoms with Crippen LogP contribution in [0, 0.1) is 13.8 Å². The number of aromatic nitrogens is 3. The van der Waals surface area contributed by atoms with Gasteiger partial charge in [0.05, 0.1) is 12.7 Å². The maximum absolute atomic E-state index is 12.3. The molecule has 3 aromatic rings. The van der Waals surface area contributed by atoms with Crippen LogP contribution in [0.2, 0.25) is 0 Å². The summed E-state index contributed by atoms with van der Waals surface area (Å²) in [4.78, 5) is 24.9. The first-order valence-electron chi connectivity index (χ1n) is 9.47. The van der Waals surface area contributed by atoms with Gasteiger partial charge in [-0.1, -0.05) is 6.58 Å². The first kappa shape index (κ1) is 21.8. The number of nitrogens with zero attached hydrogens (tertiary/aromatic N) is 3. The third kappa shape index (κ3) is 4.50. The number of esters is 2. The average molecular weight is 425 g/mol. The molecule has 0 atom stereocenters. The van der Waals surface area contributed by atoms with Gasteiger partial charge in [-0.15, -0.1) is 15.0 Å². The molecule has 0 aliphatic rings. The monoisotopic (exact) mass is 425 g/mol. The van der Waals surface area contributed by atoms with Crippen molar-refractivity contribution in [2.45, 2.75) is 20.8 Å². The van der Waals surface area contributed by atoms with Crippen molar-refractivity contribution in [2.24, 2.45) is 0 Å². The van der Waals surface area contributed by atoms with Gasteiger partial charge in [0.2, 0.25) is 0 Å². The standard InChI is InChI=1S/C22H23N3O6/c1-12(2)21(27)30-8-9-31-22(28)15-6-7-16-17(11-15)24-25(23-16)18-10-13(3)20(29-5)14(4)19(18)26/h6-7,10-11,26H,1,8-9H2,2-5H3. The molecule has 3 rings (SSSR count). The highest BCUT2D eigenvalue weighted by Gasteiger charge is 2.17. The van der Waals surface area contributed by atoms with Gasteiger partial charge in [0.25, 0.3) is 0 Å². The van der Waals surface area contributed by atoms with E-state index in [0.717, 1.165) is 5.56 Å². The summed E-state index contributed by atoms with van der Waals surface area (Å²) in [6.45, 7) is 8.47. The van der Waals surface area contributed by atoms with E-state index < -0.39 is 11.9 Å². The maximum atomic E-state index is 12.3. The lowest BCUT2D eigenvalue weighted by Crippen LogP contribution is -2.14. The molecule has 0 saturated heterocycles. The van der Waals surface area contributed by atoms with Crippen molar-refractivity contribution in [1.82, 2.24) is 15.0 Å². The predicted molar refractivity (Wildman–Crippen MR) is 113 cm³/mol. The summed E-state index contributed by atoms with van der Waals surface area (Å²) in [5.41, 5.74) is 3.34. The maximum Gasteiger partial charge on any atom is 0.338 e. The van der Waals surface area contributed by atoms with Gasteiger partial charge in [-0.3, -0.25) is 0 Å². The molecule has 1 aromatic heterocycles. The summed E-state index contributed by atoms with van der Waals surface area (Å²) in [6.07, 6.45) is 0. The summed E-state index contributed by atoms with van der Waals surface area (Å²) in [6, 6.07) is 6.47. The quantitative estimate of drug-likeness (QED) is 0.349. The highest BCUT2D eigenvalue weighted by molar-refractivity contribution is 5.93. The van der Waals surface area contributed by atoms with Gasteiger partial charge in [0, 0.05) is 11.1 Å². The van der Waals surface area contributed by atoms with Gasteiger partial charge in [-0.05, 0) is 50.6 Å². The van der Waals surface area contributed by atoms with Crippen LogP contribution >= 0.6 is 0 Å². The number of aryl methyl sites for hydroxylation is 1. The van der Waals surface area contributed by atoms with Crippen molar-refractivity contribution in [2.75, 3.05) is 20.3 Å². The number of benzene rings is 2. The zero-order chi connectivity index (χ0) is 22.7. The molecule has 2 aromatic carbocycles. The van der Waals surface area contributed by atoms with Crippen molar-refractivity contribution in [3.05, 3.63) is 53.1 Å². The Kier molecular flexibility index (Phi) is 6.24. The molecule has 162 valence electrons. The Morgan fingerprint density at radius 3 is 2.45 bits per heavy atom. The van der Waals surface area contributed by atoms with E-state index in [9.17, 15) is 14.7 Å². The van der Waals surface area contributed by atoms with E-state index in [1.54, 1.807) is 38.3 Å². The number of hydrogen-bond acceptors (Lipinski definition) is 8. The minimum Gasteiger partial charge on any atom is -0.505 e. The molecule has 1 heterocycles. The SMILES string of the molecule is C=C(C)C(=O)OCCOC(=O)c1ccc2nn(-c3cc(C)c(OC)c(C)c3O)nc2c1. The Bertz CT molecular complexity index is 1180. The minimum atomic E-state index is -0.582. The number of fused-ring (bicyclic) bond motifs is 1. The highest BCUT2D eigenvalue weighted by Crippen LogP contribution is 2.35. The lowest BCUT2D eigenvalue weighted by atomic mass is 10.1. The van der Waals surface area contributed by atoms with Gasteiger partial charge in [0.1, 0.15) is 41.4 Å². The molecule has 0 spiro atoms. The number of aromatic hydroxyl groups is 1. The number of carbonyl (C=O) groups is 2. The Morgan fingerprint density at radius 2 is 1.77 bits per heavy atom. The topological polar surface area (TPSA) is 113 Å². The van der Waals surface area contributed by atoms with Crippen molar-refractivity contribution < 1.29 is 28.9 Å². The van der Waals surface area contributed by atoms with Crippen LogP contribution < -0.4 is 4.74 Å². The number of phenolic OH excluding ortho intramolecular Hbond substituents is 1. The summed E-state index contributed by atoms with van der Waals surface area (Å²) in [7, 11) is 1.54. The fourth-order valence-electron chi connectivity index (χ4n) is 3.03. The van der Waals surface area contributed by atoms with E-state index in [0.29, 0.717) is 28.0 Å². The van der Waals surface area contributed by atoms with E-state index in [1.807, 2.05) is 6.92 Å². The third-order valence-electron chi connectivity index (χ3n) is 4.58. The van der Waals surface area contributed by atoms with E-state index in [2.05, 4.69) is 16.8 Å². The lowest BCUT2D eigenvalue weighted by molar-refractivity contribution is -0.140. The number of ether oxygens (including phenoxy) is 3.